The molecular formula is C13H17ClO3S. The molecule has 18 heavy (non-hydrogen) atoms. The van der Waals surface area contributed by atoms with Gasteiger partial charge in [-0.1, -0.05) is 0 Å². The summed E-state index contributed by atoms with van der Waals surface area (Å²) < 4.78 is 10.8. The van der Waals surface area contributed by atoms with Gasteiger partial charge in [-0.05, 0) is 43.0 Å². The van der Waals surface area contributed by atoms with E-state index in [9.17, 15) is 4.79 Å². The number of benzene rings is 1. The van der Waals surface area contributed by atoms with Crippen LogP contribution in [0.2, 0.25) is 0 Å². The largest absolute Gasteiger partial charge is 0.492 e. The van der Waals surface area contributed by atoms with Gasteiger partial charge in [0.1, 0.15) is 5.75 Å². The summed E-state index contributed by atoms with van der Waals surface area (Å²) in [7, 11) is 1.67. The van der Waals surface area contributed by atoms with Crippen LogP contribution in [-0.2, 0) is 4.74 Å². The predicted molar refractivity (Wildman–Crippen MR) is 75.0 cm³/mol. The average molecular weight is 289 g/mol. The van der Waals surface area contributed by atoms with Gasteiger partial charge < -0.3 is 9.47 Å². The van der Waals surface area contributed by atoms with Gasteiger partial charge >= 0.3 is 0 Å². The number of hydrogen-bond acceptors (Lipinski definition) is 4. The summed E-state index contributed by atoms with van der Waals surface area (Å²) in [4.78, 5) is 12.1. The normalized spacial score (nSPS) is 12.2. The molecule has 0 radical (unpaired) electrons. The summed E-state index contributed by atoms with van der Waals surface area (Å²) in [5, 5.41) is -0.474. The molecule has 0 fully saturated rings. The summed E-state index contributed by atoms with van der Waals surface area (Å²) in [5.41, 5.74) is 0.448. The Morgan fingerprint density at radius 2 is 2.22 bits per heavy atom. The van der Waals surface area contributed by atoms with Crippen molar-refractivity contribution in [1.82, 2.24) is 0 Å². The minimum atomic E-state index is -0.474. The number of thioether (sulfide) groups is 1. The fourth-order valence-corrected chi connectivity index (χ4v) is 2.01. The van der Waals surface area contributed by atoms with Gasteiger partial charge in [0, 0.05) is 24.0 Å². The van der Waals surface area contributed by atoms with E-state index in [1.807, 2.05) is 19.2 Å². The van der Waals surface area contributed by atoms with E-state index < -0.39 is 5.24 Å². The van der Waals surface area contributed by atoms with Crippen molar-refractivity contribution in [3.8, 4) is 5.75 Å². The fourth-order valence-electron chi connectivity index (χ4n) is 1.36. The van der Waals surface area contributed by atoms with Crippen molar-refractivity contribution in [1.29, 1.82) is 0 Å². The van der Waals surface area contributed by atoms with Gasteiger partial charge in [-0.3, -0.25) is 4.79 Å². The maximum atomic E-state index is 11.1. The molecule has 0 aliphatic rings. The molecule has 0 saturated heterocycles. The minimum absolute atomic E-state index is 0.153. The first-order valence-corrected chi connectivity index (χ1v) is 7.22. The molecule has 1 aromatic carbocycles. The van der Waals surface area contributed by atoms with Crippen molar-refractivity contribution < 1.29 is 14.3 Å². The topological polar surface area (TPSA) is 35.5 Å². The van der Waals surface area contributed by atoms with Gasteiger partial charge in [0.25, 0.3) is 5.24 Å². The van der Waals surface area contributed by atoms with Crippen LogP contribution in [0.1, 0.15) is 23.7 Å². The van der Waals surface area contributed by atoms with Gasteiger partial charge in [0.2, 0.25) is 0 Å². The van der Waals surface area contributed by atoms with Crippen LogP contribution in [0.25, 0.3) is 0 Å². The molecule has 0 N–H and O–H groups in total. The first kappa shape index (κ1) is 15.3. The summed E-state index contributed by atoms with van der Waals surface area (Å²) in [6, 6.07) is 5.22. The molecule has 0 amide bonds. The molecule has 0 aliphatic carbocycles. The Kier molecular flexibility index (Phi) is 6.54. The lowest BCUT2D eigenvalue weighted by Crippen LogP contribution is -2.11. The van der Waals surface area contributed by atoms with Crippen LogP contribution < -0.4 is 4.74 Å². The lowest BCUT2D eigenvalue weighted by atomic mass is 10.2. The van der Waals surface area contributed by atoms with E-state index in [-0.39, 0.29) is 6.10 Å². The molecule has 1 atom stereocenters. The molecule has 5 heteroatoms. The number of halogens is 1. The maximum absolute atomic E-state index is 11.1. The molecule has 1 rings (SSSR count). The van der Waals surface area contributed by atoms with Crippen molar-refractivity contribution >= 4 is 28.6 Å². The highest BCUT2D eigenvalue weighted by atomic mass is 35.5. The van der Waals surface area contributed by atoms with Gasteiger partial charge in [-0.15, -0.1) is 11.8 Å². The summed E-state index contributed by atoms with van der Waals surface area (Å²) >= 11 is 7.03. The monoisotopic (exact) mass is 288 g/mol. The zero-order chi connectivity index (χ0) is 13.5. The number of ether oxygens (including phenoxy) is 2. The lowest BCUT2D eigenvalue weighted by Gasteiger charge is -2.13. The van der Waals surface area contributed by atoms with Crippen LogP contribution in [0.4, 0.5) is 0 Å². The van der Waals surface area contributed by atoms with Crippen molar-refractivity contribution in [2.75, 3.05) is 20.0 Å². The highest BCUT2D eigenvalue weighted by Crippen LogP contribution is 2.29. The van der Waals surface area contributed by atoms with Gasteiger partial charge in [0.05, 0.1) is 12.7 Å². The molecule has 0 spiro atoms. The van der Waals surface area contributed by atoms with E-state index in [1.54, 1.807) is 31.0 Å². The SMILES string of the molecule is COC(C)CCOc1cc(C(=O)Cl)ccc1SC. The van der Waals surface area contributed by atoms with Crippen LogP contribution >= 0.6 is 23.4 Å². The standard InChI is InChI=1S/C13H17ClO3S/c1-9(16-2)6-7-17-11-8-10(13(14)15)4-5-12(11)18-3/h4-5,8-9H,6-7H2,1-3H3. The number of carbonyl (C=O) groups is 1. The predicted octanol–water partition coefficient (Wildman–Crippen LogP) is 3.59. The second-order valence-corrected chi connectivity index (χ2v) is 5.01. The average Bonchev–Trinajstić information content (AvgIpc) is 2.38. The number of carbonyl (C=O) groups excluding carboxylic acids is 1. The Labute approximate surface area is 117 Å². The van der Waals surface area contributed by atoms with Crippen LogP contribution in [0, 0.1) is 0 Å². The van der Waals surface area contributed by atoms with E-state index >= 15 is 0 Å². The Morgan fingerprint density at radius 3 is 2.78 bits per heavy atom. The van der Waals surface area contributed by atoms with Crippen LogP contribution in [-0.4, -0.2) is 31.3 Å². The number of hydrogen-bond donors (Lipinski definition) is 0. The van der Waals surface area contributed by atoms with Crippen LogP contribution in [0.5, 0.6) is 5.75 Å². The number of methoxy groups -OCH3 is 1. The molecule has 0 heterocycles. The summed E-state index contributed by atoms with van der Waals surface area (Å²) in [5.74, 6) is 0.692. The maximum Gasteiger partial charge on any atom is 0.252 e. The van der Waals surface area contributed by atoms with Crippen LogP contribution in [0.15, 0.2) is 23.1 Å². The highest BCUT2D eigenvalue weighted by Gasteiger charge is 2.09. The molecular weight excluding hydrogens is 272 g/mol. The van der Waals surface area contributed by atoms with E-state index in [2.05, 4.69) is 0 Å². The molecule has 1 aromatic rings. The molecule has 0 saturated carbocycles. The molecule has 1 unspecified atom stereocenters. The Bertz CT molecular complexity index is 409. The highest BCUT2D eigenvalue weighted by molar-refractivity contribution is 7.98. The zero-order valence-electron chi connectivity index (χ0n) is 10.7. The lowest BCUT2D eigenvalue weighted by molar-refractivity contribution is 0.0950. The third-order valence-electron chi connectivity index (χ3n) is 2.57. The van der Waals surface area contributed by atoms with E-state index in [1.165, 1.54) is 0 Å². The van der Waals surface area contributed by atoms with Crippen molar-refractivity contribution in [3.63, 3.8) is 0 Å². The van der Waals surface area contributed by atoms with E-state index in [0.717, 1.165) is 11.3 Å². The third kappa shape index (κ3) is 4.52. The van der Waals surface area contributed by atoms with E-state index in [0.29, 0.717) is 17.9 Å². The van der Waals surface area contributed by atoms with Crippen molar-refractivity contribution in [3.05, 3.63) is 23.8 Å². The van der Waals surface area contributed by atoms with Crippen molar-refractivity contribution in [2.45, 2.75) is 24.3 Å². The minimum Gasteiger partial charge on any atom is -0.492 e. The second kappa shape index (κ2) is 7.67. The fraction of sp³-hybridized carbons (Fsp3) is 0.462. The zero-order valence-corrected chi connectivity index (χ0v) is 12.3. The molecule has 100 valence electrons. The molecule has 0 bridgehead atoms. The van der Waals surface area contributed by atoms with E-state index in [4.69, 9.17) is 21.1 Å². The first-order valence-electron chi connectivity index (χ1n) is 5.62. The molecule has 3 nitrogen and oxygen atoms in total. The van der Waals surface area contributed by atoms with Gasteiger partial charge in [-0.25, -0.2) is 0 Å². The first-order chi connectivity index (χ1) is 8.58. The Balaban J connectivity index is 2.72. The summed E-state index contributed by atoms with van der Waals surface area (Å²) in [6.45, 7) is 2.53. The second-order valence-electron chi connectivity index (χ2n) is 3.82. The molecule has 0 aliphatic heterocycles. The number of rotatable bonds is 7. The van der Waals surface area contributed by atoms with Crippen LogP contribution in [0.3, 0.4) is 0 Å². The smallest absolute Gasteiger partial charge is 0.252 e. The van der Waals surface area contributed by atoms with Gasteiger partial charge in [0.15, 0.2) is 0 Å². The summed E-state index contributed by atoms with van der Waals surface area (Å²) in [6.07, 6.45) is 2.91. The van der Waals surface area contributed by atoms with Gasteiger partial charge in [-0.2, -0.15) is 0 Å². The Morgan fingerprint density at radius 1 is 1.50 bits per heavy atom. The Hall–Kier alpha value is -0.710. The quantitative estimate of drug-likeness (QED) is 0.567. The molecule has 0 aromatic heterocycles. The van der Waals surface area contributed by atoms with Crippen molar-refractivity contribution in [2.24, 2.45) is 0 Å². The third-order valence-corrected chi connectivity index (χ3v) is 3.57.